The molecule has 0 saturated heterocycles. The van der Waals surface area contributed by atoms with Crippen molar-refractivity contribution in [3.8, 4) is 0 Å². The summed E-state index contributed by atoms with van der Waals surface area (Å²) in [5.74, 6) is -1.04. The largest absolute Gasteiger partial charge is 0.340 e. The van der Waals surface area contributed by atoms with Gasteiger partial charge in [0.05, 0.1) is 13.2 Å². The fourth-order valence-electron chi connectivity index (χ4n) is 2.11. The summed E-state index contributed by atoms with van der Waals surface area (Å²) in [6.07, 6.45) is -3.20. The van der Waals surface area contributed by atoms with Crippen LogP contribution >= 0.6 is 7.60 Å². The van der Waals surface area contributed by atoms with Crippen molar-refractivity contribution in [1.82, 2.24) is 0 Å². The van der Waals surface area contributed by atoms with Crippen LogP contribution in [0.4, 0.5) is 14.5 Å². The molecule has 1 aromatic carbocycles. The van der Waals surface area contributed by atoms with Crippen LogP contribution in [0.1, 0.15) is 49.5 Å². The molecule has 1 rings (SSSR count). The maximum atomic E-state index is 13.0. The van der Waals surface area contributed by atoms with Gasteiger partial charge in [-0.1, -0.05) is 6.92 Å². The first-order valence-corrected chi connectivity index (χ1v) is 9.61. The van der Waals surface area contributed by atoms with Gasteiger partial charge in [0.25, 0.3) is 6.43 Å². The molecule has 0 spiro atoms. The molecule has 0 aromatic heterocycles. The highest BCUT2D eigenvalue weighted by Gasteiger charge is 2.28. The topological polar surface area (TPSA) is 81.7 Å². The Morgan fingerprint density at radius 3 is 2.20 bits per heavy atom. The molecular formula is C16H22F2NO5P. The third kappa shape index (κ3) is 6.65. The maximum absolute atomic E-state index is 13.0. The van der Waals surface area contributed by atoms with E-state index in [1.807, 2.05) is 0 Å². The number of nitrogens with one attached hydrogen (secondary N) is 1. The Labute approximate surface area is 145 Å². The van der Waals surface area contributed by atoms with Crippen LogP contribution in [0.2, 0.25) is 0 Å². The van der Waals surface area contributed by atoms with Gasteiger partial charge in [-0.2, -0.15) is 0 Å². The molecule has 0 saturated carbocycles. The van der Waals surface area contributed by atoms with Gasteiger partial charge in [-0.25, -0.2) is 8.78 Å². The second-order valence-corrected chi connectivity index (χ2v) is 7.13. The third-order valence-electron chi connectivity index (χ3n) is 3.12. The minimum absolute atomic E-state index is 0.0270. The van der Waals surface area contributed by atoms with E-state index in [9.17, 15) is 22.9 Å². The molecule has 1 N–H and O–H groups in total. The zero-order valence-electron chi connectivity index (χ0n) is 14.4. The molecule has 9 heteroatoms. The van der Waals surface area contributed by atoms with Crippen LogP contribution in [0.15, 0.2) is 18.2 Å². The maximum Gasteiger partial charge on any atom is 0.340 e. The van der Waals surface area contributed by atoms with E-state index < -0.39 is 26.1 Å². The summed E-state index contributed by atoms with van der Waals surface area (Å²) in [5.41, 5.74) is -0.278. The molecule has 0 fully saturated rings. The van der Waals surface area contributed by atoms with Crippen molar-refractivity contribution in [2.75, 3.05) is 24.7 Å². The van der Waals surface area contributed by atoms with Gasteiger partial charge in [0.2, 0.25) is 5.91 Å². The molecule has 0 bridgehead atoms. The van der Waals surface area contributed by atoms with Crippen molar-refractivity contribution >= 4 is 25.0 Å². The first kappa shape index (κ1) is 21.4. The van der Waals surface area contributed by atoms with Gasteiger partial charge < -0.3 is 14.4 Å². The molecule has 25 heavy (non-hydrogen) atoms. The van der Waals surface area contributed by atoms with Gasteiger partial charge in [-0.15, -0.1) is 0 Å². The molecule has 0 aliphatic rings. The number of alkyl halides is 2. The SMILES string of the molecule is CCOP(=O)(CC(=O)Nc1cc(C(=O)CC)cc(C(F)F)c1)OCC. The molecule has 1 aromatic rings. The Kier molecular flexibility index (Phi) is 8.35. The highest BCUT2D eigenvalue weighted by molar-refractivity contribution is 7.54. The number of carbonyl (C=O) groups is 2. The molecule has 0 radical (unpaired) electrons. The van der Waals surface area contributed by atoms with E-state index >= 15 is 0 Å². The summed E-state index contributed by atoms with van der Waals surface area (Å²) in [4.78, 5) is 23.9. The predicted molar refractivity (Wildman–Crippen MR) is 90.4 cm³/mol. The van der Waals surface area contributed by atoms with Crippen molar-refractivity contribution in [2.45, 2.75) is 33.6 Å². The van der Waals surface area contributed by atoms with E-state index in [2.05, 4.69) is 5.32 Å². The fourth-order valence-corrected chi connectivity index (χ4v) is 3.59. The summed E-state index contributed by atoms with van der Waals surface area (Å²) in [7, 11) is -3.61. The van der Waals surface area contributed by atoms with E-state index in [-0.39, 0.29) is 42.2 Å². The molecule has 0 unspecified atom stereocenters. The molecule has 140 valence electrons. The second kappa shape index (κ2) is 9.75. The second-order valence-electron chi connectivity index (χ2n) is 5.07. The highest BCUT2D eigenvalue weighted by atomic mass is 31.2. The van der Waals surface area contributed by atoms with E-state index in [0.717, 1.165) is 12.1 Å². The monoisotopic (exact) mass is 377 g/mol. The van der Waals surface area contributed by atoms with Crippen LogP contribution in [-0.2, 0) is 18.4 Å². The predicted octanol–water partition coefficient (Wildman–Crippen LogP) is 4.42. The molecule has 0 aliphatic heterocycles. The lowest BCUT2D eigenvalue weighted by molar-refractivity contribution is -0.114. The quantitative estimate of drug-likeness (QED) is 0.482. The van der Waals surface area contributed by atoms with E-state index in [1.165, 1.54) is 6.07 Å². The fraction of sp³-hybridized carbons (Fsp3) is 0.500. The van der Waals surface area contributed by atoms with Crippen LogP contribution in [0.5, 0.6) is 0 Å². The van der Waals surface area contributed by atoms with Crippen LogP contribution in [-0.4, -0.2) is 31.1 Å². The minimum Gasteiger partial charge on any atom is -0.326 e. The molecule has 6 nitrogen and oxygen atoms in total. The average molecular weight is 377 g/mol. The Balaban J connectivity index is 3.00. The summed E-state index contributed by atoms with van der Waals surface area (Å²) in [6, 6.07) is 3.47. The lowest BCUT2D eigenvalue weighted by Gasteiger charge is -2.17. The molecule has 0 heterocycles. The number of halogens is 2. The first-order chi connectivity index (χ1) is 11.7. The van der Waals surface area contributed by atoms with Gasteiger partial charge in [-0.3, -0.25) is 14.2 Å². The van der Waals surface area contributed by atoms with Crippen LogP contribution in [0.25, 0.3) is 0 Å². The highest BCUT2D eigenvalue weighted by Crippen LogP contribution is 2.47. The number of benzene rings is 1. The summed E-state index contributed by atoms with van der Waals surface area (Å²) in [5, 5.41) is 2.37. The Morgan fingerprint density at radius 1 is 1.12 bits per heavy atom. The van der Waals surface area contributed by atoms with Gasteiger partial charge in [0.15, 0.2) is 5.78 Å². The molecule has 0 atom stereocenters. The molecule has 1 amide bonds. The number of hydrogen-bond donors (Lipinski definition) is 1. The molecular weight excluding hydrogens is 355 g/mol. The lowest BCUT2D eigenvalue weighted by atomic mass is 10.0. The van der Waals surface area contributed by atoms with Crippen LogP contribution in [0, 0.1) is 0 Å². The van der Waals surface area contributed by atoms with Gasteiger partial charge >= 0.3 is 7.60 Å². The zero-order valence-corrected chi connectivity index (χ0v) is 15.3. The number of hydrogen-bond acceptors (Lipinski definition) is 5. The van der Waals surface area contributed by atoms with Gasteiger partial charge in [-0.05, 0) is 32.0 Å². The van der Waals surface area contributed by atoms with Gasteiger partial charge in [0.1, 0.15) is 6.16 Å². The van der Waals surface area contributed by atoms with Crippen molar-refractivity contribution in [3.63, 3.8) is 0 Å². The van der Waals surface area contributed by atoms with Crippen LogP contribution < -0.4 is 5.32 Å². The smallest absolute Gasteiger partial charge is 0.326 e. The van der Waals surface area contributed by atoms with Crippen molar-refractivity contribution < 1.29 is 32.0 Å². The number of carbonyl (C=O) groups excluding carboxylic acids is 2. The average Bonchev–Trinajstić information content (AvgIpc) is 2.53. The number of amides is 1. The van der Waals surface area contributed by atoms with Crippen molar-refractivity contribution in [1.29, 1.82) is 0 Å². The molecule has 0 aliphatic carbocycles. The summed E-state index contributed by atoms with van der Waals surface area (Å²) in [6.45, 7) is 5.02. The van der Waals surface area contributed by atoms with Crippen molar-refractivity contribution in [2.24, 2.45) is 0 Å². The Bertz CT molecular complexity index is 656. The Hall–Kier alpha value is -1.63. The van der Waals surface area contributed by atoms with Crippen LogP contribution in [0.3, 0.4) is 0 Å². The van der Waals surface area contributed by atoms with Gasteiger partial charge in [0, 0.05) is 23.2 Å². The number of Topliss-reactive ketones (excluding diaryl/α,β-unsaturated/α-hetero) is 1. The van der Waals surface area contributed by atoms with E-state index in [4.69, 9.17) is 9.05 Å². The van der Waals surface area contributed by atoms with Crippen molar-refractivity contribution in [3.05, 3.63) is 29.3 Å². The third-order valence-corrected chi connectivity index (χ3v) is 5.10. The number of ketones is 1. The minimum atomic E-state index is -3.61. The van der Waals surface area contributed by atoms with E-state index in [1.54, 1.807) is 20.8 Å². The Morgan fingerprint density at radius 2 is 1.72 bits per heavy atom. The lowest BCUT2D eigenvalue weighted by Crippen LogP contribution is -2.18. The summed E-state index contributed by atoms with van der Waals surface area (Å²) >= 11 is 0. The first-order valence-electron chi connectivity index (χ1n) is 7.89. The zero-order chi connectivity index (χ0) is 19.0. The van der Waals surface area contributed by atoms with E-state index in [0.29, 0.717) is 0 Å². The normalized spacial score (nSPS) is 11.6. The standard InChI is InChI=1S/C16H22F2NO5P/c1-4-14(20)11-7-12(16(17)18)9-13(8-11)19-15(21)10-25(22,23-5-2)24-6-3/h7-9,16H,4-6,10H2,1-3H3,(H,19,21). The number of rotatable bonds is 10. The summed E-state index contributed by atoms with van der Waals surface area (Å²) < 4.78 is 48.4. The number of anilines is 1.